The highest BCUT2D eigenvalue weighted by Gasteiger charge is 2.43. The van der Waals surface area contributed by atoms with Gasteiger partial charge in [0.15, 0.2) is 0 Å². The second-order valence-electron chi connectivity index (χ2n) is 13.3. The summed E-state index contributed by atoms with van der Waals surface area (Å²) in [5, 5.41) is 0. The molecular weight excluding hydrogens is 468 g/mol. The largest absolute Gasteiger partial charge is 0.101 e. The zero-order chi connectivity index (χ0) is 28.4. The van der Waals surface area contributed by atoms with Crippen molar-refractivity contribution in [2.45, 2.75) is 125 Å². The van der Waals surface area contributed by atoms with Crippen molar-refractivity contribution < 1.29 is 0 Å². The highest BCUT2D eigenvalue weighted by Crippen LogP contribution is 2.55. The van der Waals surface area contributed by atoms with Gasteiger partial charge in [-0.1, -0.05) is 104 Å². The normalized spacial score (nSPS) is 14.7. The number of fused-ring (bicyclic) bond motifs is 3. The van der Waals surface area contributed by atoms with Crippen molar-refractivity contribution in [2.24, 2.45) is 23.7 Å². The zero-order valence-electron chi connectivity index (χ0n) is 26.3. The third kappa shape index (κ3) is 8.28. The molecule has 210 valence electrons. The van der Waals surface area contributed by atoms with Crippen molar-refractivity contribution in [3.8, 4) is 34.8 Å². The fourth-order valence-electron chi connectivity index (χ4n) is 6.63. The maximum absolute atomic E-state index is 3.37. The Kier molecular flexibility index (Phi) is 11.8. The maximum Gasteiger partial charge on any atom is 0.0248 e. The van der Waals surface area contributed by atoms with E-state index in [9.17, 15) is 0 Å². The van der Waals surface area contributed by atoms with E-state index < -0.39 is 0 Å². The van der Waals surface area contributed by atoms with Crippen LogP contribution < -0.4 is 0 Å². The van der Waals surface area contributed by atoms with Gasteiger partial charge < -0.3 is 0 Å². The minimum atomic E-state index is 0.0418. The first-order valence-electron chi connectivity index (χ1n) is 15.8. The summed E-state index contributed by atoms with van der Waals surface area (Å²) in [6.07, 6.45) is 13.0. The van der Waals surface area contributed by atoms with Crippen LogP contribution in [0.25, 0.3) is 11.1 Å². The van der Waals surface area contributed by atoms with Crippen LogP contribution in [0.1, 0.15) is 142 Å². The molecular formula is C39H54. The zero-order valence-corrected chi connectivity index (χ0v) is 26.3. The van der Waals surface area contributed by atoms with Crippen LogP contribution in [-0.4, -0.2) is 0 Å². The van der Waals surface area contributed by atoms with Crippen molar-refractivity contribution >= 4 is 0 Å². The molecule has 3 rings (SSSR count). The number of hydrogen-bond acceptors (Lipinski definition) is 0. The fourth-order valence-corrected chi connectivity index (χ4v) is 6.63. The van der Waals surface area contributed by atoms with Crippen molar-refractivity contribution in [3.05, 3.63) is 58.7 Å². The Morgan fingerprint density at radius 3 is 1.33 bits per heavy atom. The van der Waals surface area contributed by atoms with Crippen LogP contribution in [0.5, 0.6) is 0 Å². The molecule has 2 atom stereocenters. The molecule has 0 heterocycles. The Labute approximate surface area is 241 Å². The predicted molar refractivity (Wildman–Crippen MR) is 172 cm³/mol. The molecule has 0 heteroatoms. The van der Waals surface area contributed by atoms with Gasteiger partial charge in [0.25, 0.3) is 0 Å². The van der Waals surface area contributed by atoms with Crippen molar-refractivity contribution in [2.75, 3.05) is 0 Å². The molecule has 2 aromatic rings. The third-order valence-corrected chi connectivity index (χ3v) is 8.98. The fraction of sp³-hybridized carbons (Fsp3) is 0.590. The van der Waals surface area contributed by atoms with Gasteiger partial charge in [0.2, 0.25) is 0 Å². The van der Waals surface area contributed by atoms with Gasteiger partial charge in [-0.05, 0) is 110 Å². The lowest BCUT2D eigenvalue weighted by molar-refractivity contribution is 0.327. The van der Waals surface area contributed by atoms with Gasteiger partial charge in [0.05, 0.1) is 0 Å². The van der Waals surface area contributed by atoms with E-state index in [0.29, 0.717) is 0 Å². The molecule has 1 aliphatic rings. The van der Waals surface area contributed by atoms with Gasteiger partial charge in [-0.3, -0.25) is 0 Å². The lowest BCUT2D eigenvalue weighted by Crippen LogP contribution is -2.27. The van der Waals surface area contributed by atoms with Crippen molar-refractivity contribution in [1.29, 1.82) is 0 Å². The topological polar surface area (TPSA) is 0 Å². The molecule has 0 aliphatic heterocycles. The molecule has 0 nitrogen and oxygen atoms in total. The molecule has 0 aromatic heterocycles. The first kappa shape index (κ1) is 31.1. The molecule has 1 aliphatic carbocycles. The number of rotatable bonds is 14. The van der Waals surface area contributed by atoms with Crippen LogP contribution in [0.2, 0.25) is 0 Å². The lowest BCUT2D eigenvalue weighted by atomic mass is 9.68. The van der Waals surface area contributed by atoms with Crippen LogP contribution in [-0.2, 0) is 5.41 Å². The summed E-state index contributed by atoms with van der Waals surface area (Å²) in [5.74, 6) is 16.1. The molecule has 0 unspecified atom stereocenters. The van der Waals surface area contributed by atoms with Gasteiger partial charge >= 0.3 is 0 Å². The summed E-state index contributed by atoms with van der Waals surface area (Å²) < 4.78 is 0. The molecule has 0 saturated heterocycles. The summed E-state index contributed by atoms with van der Waals surface area (Å²) in [6, 6.07) is 14.0. The molecule has 0 bridgehead atoms. The molecule has 0 fully saturated rings. The molecule has 0 spiro atoms. The van der Waals surface area contributed by atoms with Gasteiger partial charge in [0.1, 0.15) is 0 Å². The molecule has 39 heavy (non-hydrogen) atoms. The Hall–Kier alpha value is -2.44. The van der Waals surface area contributed by atoms with E-state index >= 15 is 0 Å². The SMILES string of the molecule is CC#Cc1ccc2c(c1)C(CC[C@@H](C)CCCC(C)C)(CC[C@@H](C)CCCC(C)C)c1cc(C#CC)ccc1-2. The minimum Gasteiger partial charge on any atom is -0.101 e. The molecule has 0 saturated carbocycles. The van der Waals surface area contributed by atoms with E-state index in [4.69, 9.17) is 0 Å². The van der Waals surface area contributed by atoms with Crippen LogP contribution in [0.4, 0.5) is 0 Å². The maximum atomic E-state index is 3.37. The smallest absolute Gasteiger partial charge is 0.0248 e. The average Bonchev–Trinajstić information content (AvgIpc) is 3.15. The summed E-state index contributed by atoms with van der Waals surface area (Å²) >= 11 is 0. The number of benzene rings is 2. The van der Waals surface area contributed by atoms with E-state index in [1.54, 1.807) is 0 Å². The Morgan fingerprint density at radius 1 is 0.564 bits per heavy atom. The Balaban J connectivity index is 2.01. The summed E-state index contributed by atoms with van der Waals surface area (Å²) in [4.78, 5) is 0. The summed E-state index contributed by atoms with van der Waals surface area (Å²) in [6.45, 7) is 18.3. The van der Waals surface area contributed by atoms with Crippen LogP contribution in [0, 0.1) is 47.4 Å². The van der Waals surface area contributed by atoms with Gasteiger partial charge in [0, 0.05) is 16.5 Å². The van der Waals surface area contributed by atoms with Crippen LogP contribution in [0.15, 0.2) is 36.4 Å². The Morgan fingerprint density at radius 2 is 0.974 bits per heavy atom. The molecule has 0 N–H and O–H groups in total. The lowest BCUT2D eigenvalue weighted by Gasteiger charge is -2.35. The van der Waals surface area contributed by atoms with Crippen molar-refractivity contribution in [3.63, 3.8) is 0 Å². The van der Waals surface area contributed by atoms with E-state index in [1.165, 1.54) is 86.5 Å². The van der Waals surface area contributed by atoms with Crippen LogP contribution >= 0.6 is 0 Å². The van der Waals surface area contributed by atoms with Gasteiger partial charge in [-0.15, -0.1) is 11.8 Å². The highest BCUT2D eigenvalue weighted by molar-refractivity contribution is 5.82. The number of hydrogen-bond donors (Lipinski definition) is 0. The van der Waals surface area contributed by atoms with Gasteiger partial charge in [-0.2, -0.15) is 0 Å². The molecule has 2 aromatic carbocycles. The second-order valence-corrected chi connectivity index (χ2v) is 13.3. The predicted octanol–water partition coefficient (Wildman–Crippen LogP) is 11.2. The third-order valence-electron chi connectivity index (χ3n) is 8.98. The standard InChI is InChI=1S/C39H54/c1-9-13-33-19-21-35-36-22-20-34(14-10-2)28-38(36)39(37(35)27-33,25-23-31(7)17-11-15-29(3)4)26-24-32(8)18-12-16-30(5)6/h19-22,27-32H,11-12,15-18,23-26H2,1-8H3/t31-,32-/m0/s1. The summed E-state index contributed by atoms with van der Waals surface area (Å²) in [7, 11) is 0. The van der Waals surface area contributed by atoms with Crippen molar-refractivity contribution in [1.82, 2.24) is 0 Å². The monoisotopic (exact) mass is 522 g/mol. The van der Waals surface area contributed by atoms with E-state index in [1.807, 2.05) is 13.8 Å². The Bertz CT molecular complexity index is 1090. The molecule has 0 amide bonds. The summed E-state index contributed by atoms with van der Waals surface area (Å²) in [5.41, 5.74) is 8.21. The van der Waals surface area contributed by atoms with E-state index in [2.05, 4.69) is 102 Å². The van der Waals surface area contributed by atoms with Crippen LogP contribution in [0.3, 0.4) is 0 Å². The average molecular weight is 523 g/mol. The second kappa shape index (κ2) is 14.8. The highest BCUT2D eigenvalue weighted by atomic mass is 14.5. The first-order valence-corrected chi connectivity index (χ1v) is 15.8. The van der Waals surface area contributed by atoms with E-state index in [-0.39, 0.29) is 5.41 Å². The van der Waals surface area contributed by atoms with E-state index in [0.717, 1.165) is 34.8 Å². The quantitative estimate of drug-likeness (QED) is 0.216. The molecule has 0 radical (unpaired) electrons. The first-order chi connectivity index (χ1) is 18.7. The van der Waals surface area contributed by atoms with Gasteiger partial charge in [-0.25, -0.2) is 0 Å². The minimum absolute atomic E-state index is 0.0418.